The van der Waals surface area contributed by atoms with Gasteiger partial charge in [-0.15, -0.1) is 0 Å². The number of nitrogens with zero attached hydrogens (tertiary/aromatic N) is 1. The SMILES string of the molecule is CC(C)(N)C(=O)N1CCc2ccc(Cl)cc21. The lowest BCUT2D eigenvalue weighted by Gasteiger charge is -2.26. The van der Waals surface area contributed by atoms with Crippen molar-refractivity contribution in [2.45, 2.75) is 25.8 Å². The third kappa shape index (κ3) is 1.93. The summed E-state index contributed by atoms with van der Waals surface area (Å²) < 4.78 is 0. The van der Waals surface area contributed by atoms with Gasteiger partial charge < -0.3 is 10.6 Å². The molecule has 1 aromatic carbocycles. The molecule has 0 saturated carbocycles. The molecule has 0 bridgehead atoms. The van der Waals surface area contributed by atoms with Gasteiger partial charge in [-0.1, -0.05) is 17.7 Å². The molecule has 0 aliphatic carbocycles. The van der Waals surface area contributed by atoms with Gasteiger partial charge in [0.25, 0.3) is 0 Å². The second-order valence-electron chi connectivity index (χ2n) is 4.70. The molecular weight excluding hydrogens is 224 g/mol. The van der Waals surface area contributed by atoms with Gasteiger partial charge in [0.1, 0.15) is 0 Å². The van der Waals surface area contributed by atoms with Gasteiger partial charge in [-0.05, 0) is 38.0 Å². The Morgan fingerprint density at radius 1 is 1.50 bits per heavy atom. The zero-order valence-electron chi connectivity index (χ0n) is 9.46. The van der Waals surface area contributed by atoms with Crippen LogP contribution < -0.4 is 10.6 Å². The smallest absolute Gasteiger partial charge is 0.246 e. The molecule has 0 aromatic heterocycles. The van der Waals surface area contributed by atoms with Gasteiger partial charge in [0, 0.05) is 17.3 Å². The summed E-state index contributed by atoms with van der Waals surface area (Å²) >= 11 is 5.94. The number of amides is 1. The Labute approximate surface area is 100 Å². The van der Waals surface area contributed by atoms with Crippen LogP contribution in [0.1, 0.15) is 19.4 Å². The largest absolute Gasteiger partial charge is 0.318 e. The summed E-state index contributed by atoms with van der Waals surface area (Å²) in [4.78, 5) is 13.8. The maximum Gasteiger partial charge on any atom is 0.246 e. The highest BCUT2D eigenvalue weighted by molar-refractivity contribution is 6.31. The van der Waals surface area contributed by atoms with Gasteiger partial charge in [-0.2, -0.15) is 0 Å². The van der Waals surface area contributed by atoms with Crippen molar-refractivity contribution in [2.75, 3.05) is 11.4 Å². The van der Waals surface area contributed by atoms with Crippen LogP contribution in [0.25, 0.3) is 0 Å². The number of hydrogen-bond donors (Lipinski definition) is 1. The Hall–Kier alpha value is -1.06. The molecule has 16 heavy (non-hydrogen) atoms. The fourth-order valence-electron chi connectivity index (χ4n) is 1.91. The fourth-order valence-corrected chi connectivity index (χ4v) is 2.08. The molecule has 4 heteroatoms. The summed E-state index contributed by atoms with van der Waals surface area (Å²) in [6, 6.07) is 5.64. The van der Waals surface area contributed by atoms with E-state index in [-0.39, 0.29) is 5.91 Å². The van der Waals surface area contributed by atoms with Gasteiger partial charge in [-0.25, -0.2) is 0 Å². The Bertz CT molecular complexity index is 437. The molecule has 2 rings (SSSR count). The Balaban J connectivity index is 2.37. The van der Waals surface area contributed by atoms with Crippen molar-refractivity contribution in [3.05, 3.63) is 28.8 Å². The monoisotopic (exact) mass is 238 g/mol. The van der Waals surface area contributed by atoms with E-state index in [0.717, 1.165) is 17.7 Å². The molecule has 0 saturated heterocycles. The number of anilines is 1. The minimum atomic E-state index is -0.843. The lowest BCUT2D eigenvalue weighted by Crippen LogP contribution is -2.50. The predicted molar refractivity (Wildman–Crippen MR) is 65.8 cm³/mol. The fraction of sp³-hybridized carbons (Fsp3) is 0.417. The van der Waals surface area contributed by atoms with Crippen LogP contribution in [-0.4, -0.2) is 18.0 Å². The van der Waals surface area contributed by atoms with Crippen LogP contribution >= 0.6 is 11.6 Å². The first-order valence-electron chi connectivity index (χ1n) is 5.29. The number of halogens is 1. The van der Waals surface area contributed by atoms with Crippen molar-refractivity contribution in [3.8, 4) is 0 Å². The van der Waals surface area contributed by atoms with Crippen molar-refractivity contribution >= 4 is 23.2 Å². The van der Waals surface area contributed by atoms with Crippen LogP contribution in [0.2, 0.25) is 5.02 Å². The number of rotatable bonds is 1. The number of carbonyl (C=O) groups is 1. The number of fused-ring (bicyclic) bond motifs is 1. The molecule has 0 atom stereocenters. The maximum absolute atomic E-state index is 12.1. The molecule has 1 aliphatic heterocycles. The Morgan fingerprint density at radius 2 is 2.19 bits per heavy atom. The van der Waals surface area contributed by atoms with Gasteiger partial charge >= 0.3 is 0 Å². The zero-order chi connectivity index (χ0) is 11.9. The average Bonchev–Trinajstić information content (AvgIpc) is 2.57. The van der Waals surface area contributed by atoms with Crippen molar-refractivity contribution in [1.29, 1.82) is 0 Å². The van der Waals surface area contributed by atoms with E-state index in [4.69, 9.17) is 17.3 Å². The van der Waals surface area contributed by atoms with E-state index in [1.54, 1.807) is 18.7 Å². The molecular formula is C12H15ClN2O. The van der Waals surface area contributed by atoms with Gasteiger partial charge in [0.2, 0.25) is 5.91 Å². The molecule has 86 valence electrons. The highest BCUT2D eigenvalue weighted by Crippen LogP contribution is 2.31. The van der Waals surface area contributed by atoms with Gasteiger partial charge in [0.15, 0.2) is 0 Å². The van der Waals surface area contributed by atoms with E-state index in [1.807, 2.05) is 18.2 Å². The minimum absolute atomic E-state index is 0.0616. The molecule has 1 aliphatic rings. The van der Waals surface area contributed by atoms with Crippen LogP contribution in [0.4, 0.5) is 5.69 Å². The summed E-state index contributed by atoms with van der Waals surface area (Å²) in [5, 5.41) is 0.647. The van der Waals surface area contributed by atoms with Crippen molar-refractivity contribution in [2.24, 2.45) is 5.73 Å². The molecule has 0 spiro atoms. The quantitative estimate of drug-likeness (QED) is 0.813. The topological polar surface area (TPSA) is 46.3 Å². The van der Waals surface area contributed by atoms with E-state index < -0.39 is 5.54 Å². The van der Waals surface area contributed by atoms with Gasteiger partial charge in [0.05, 0.1) is 5.54 Å². The summed E-state index contributed by atoms with van der Waals surface area (Å²) in [6.07, 6.45) is 0.869. The third-order valence-electron chi connectivity index (χ3n) is 2.74. The third-order valence-corrected chi connectivity index (χ3v) is 2.97. The summed E-state index contributed by atoms with van der Waals surface area (Å²) in [5.41, 5.74) is 7.04. The Morgan fingerprint density at radius 3 is 2.81 bits per heavy atom. The molecule has 0 unspecified atom stereocenters. The first-order chi connectivity index (χ1) is 7.39. The van der Waals surface area contributed by atoms with E-state index in [1.165, 1.54) is 0 Å². The van der Waals surface area contributed by atoms with Crippen LogP contribution in [0, 0.1) is 0 Å². The Kier molecular flexibility index (Phi) is 2.68. The molecule has 1 amide bonds. The highest BCUT2D eigenvalue weighted by Gasteiger charge is 2.32. The molecule has 1 heterocycles. The van der Waals surface area contributed by atoms with Crippen LogP contribution in [0.3, 0.4) is 0 Å². The van der Waals surface area contributed by atoms with E-state index in [9.17, 15) is 4.79 Å². The lowest BCUT2D eigenvalue weighted by molar-refractivity contribution is -0.122. The van der Waals surface area contributed by atoms with Crippen LogP contribution in [0.5, 0.6) is 0 Å². The van der Waals surface area contributed by atoms with Crippen molar-refractivity contribution in [1.82, 2.24) is 0 Å². The maximum atomic E-state index is 12.1. The second kappa shape index (κ2) is 3.75. The van der Waals surface area contributed by atoms with E-state index in [0.29, 0.717) is 11.6 Å². The summed E-state index contributed by atoms with van der Waals surface area (Å²) in [7, 11) is 0. The zero-order valence-corrected chi connectivity index (χ0v) is 10.2. The van der Waals surface area contributed by atoms with E-state index in [2.05, 4.69) is 0 Å². The molecule has 0 fully saturated rings. The first kappa shape index (κ1) is 11.4. The predicted octanol–water partition coefficient (Wildman–Crippen LogP) is 1.97. The average molecular weight is 239 g/mol. The standard InChI is InChI=1S/C12H15ClN2O/c1-12(2,14)11(16)15-6-5-8-3-4-9(13)7-10(8)15/h3-4,7H,5-6,14H2,1-2H3. The van der Waals surface area contributed by atoms with Crippen molar-refractivity contribution < 1.29 is 4.79 Å². The van der Waals surface area contributed by atoms with Gasteiger partial charge in [-0.3, -0.25) is 4.79 Å². The number of benzene rings is 1. The first-order valence-corrected chi connectivity index (χ1v) is 5.66. The second-order valence-corrected chi connectivity index (χ2v) is 5.14. The molecule has 1 aromatic rings. The van der Waals surface area contributed by atoms with Crippen LogP contribution in [-0.2, 0) is 11.2 Å². The summed E-state index contributed by atoms with van der Waals surface area (Å²) in [5.74, 6) is -0.0616. The number of carbonyl (C=O) groups excluding carboxylic acids is 1. The highest BCUT2D eigenvalue weighted by atomic mass is 35.5. The molecule has 0 radical (unpaired) electrons. The summed E-state index contributed by atoms with van der Waals surface area (Å²) in [6.45, 7) is 4.13. The molecule has 3 nitrogen and oxygen atoms in total. The molecule has 2 N–H and O–H groups in total. The van der Waals surface area contributed by atoms with Crippen molar-refractivity contribution in [3.63, 3.8) is 0 Å². The van der Waals surface area contributed by atoms with E-state index >= 15 is 0 Å². The number of nitrogens with two attached hydrogens (primary N) is 1. The number of hydrogen-bond acceptors (Lipinski definition) is 2. The van der Waals surface area contributed by atoms with Crippen LogP contribution in [0.15, 0.2) is 18.2 Å². The minimum Gasteiger partial charge on any atom is -0.318 e. The normalized spacial score (nSPS) is 15.1. The lowest BCUT2D eigenvalue weighted by atomic mass is 10.1.